The minimum atomic E-state index is -0.517. The van der Waals surface area contributed by atoms with Gasteiger partial charge in [0.05, 0.1) is 30.9 Å². The number of thiazole rings is 1. The van der Waals surface area contributed by atoms with Gasteiger partial charge in [-0.15, -0.1) is 6.58 Å². The van der Waals surface area contributed by atoms with Gasteiger partial charge < -0.3 is 24.7 Å². The molecule has 0 spiro atoms. The highest BCUT2D eigenvalue weighted by Gasteiger charge is 2.35. The lowest BCUT2D eigenvalue weighted by Crippen LogP contribution is -2.55. The predicted octanol–water partition coefficient (Wildman–Crippen LogP) is 2.47. The molecule has 2 N–H and O–H groups in total. The van der Waals surface area contributed by atoms with Gasteiger partial charge in [0.1, 0.15) is 34.2 Å². The molecular weight excluding hydrogens is 520 g/mol. The Kier molecular flexibility index (Phi) is 7.91. The van der Waals surface area contributed by atoms with Crippen molar-refractivity contribution in [2.45, 2.75) is 25.5 Å². The molecule has 3 aromatic rings. The van der Waals surface area contributed by atoms with Crippen molar-refractivity contribution in [3.8, 4) is 17.6 Å². The van der Waals surface area contributed by atoms with Crippen LogP contribution in [0.5, 0.6) is 0 Å². The summed E-state index contributed by atoms with van der Waals surface area (Å²) in [5.74, 6) is -0.516. The van der Waals surface area contributed by atoms with E-state index in [1.54, 1.807) is 20.0 Å². The Hall–Kier alpha value is -3.73. The third kappa shape index (κ3) is 5.22. The second-order valence-electron chi connectivity index (χ2n) is 8.27. The van der Waals surface area contributed by atoms with E-state index in [2.05, 4.69) is 27.0 Å². The van der Waals surface area contributed by atoms with Crippen LogP contribution in [0.2, 0.25) is 5.02 Å². The van der Waals surface area contributed by atoms with Crippen LogP contribution in [0.3, 0.4) is 0 Å². The van der Waals surface area contributed by atoms with E-state index >= 15 is 0 Å². The number of aromatic amines is 1. The maximum Gasteiger partial charge on any atom is 0.350 e. The number of H-pyrrole nitrogens is 1. The largest absolute Gasteiger partial charge is 0.465 e. The highest BCUT2D eigenvalue weighted by molar-refractivity contribution is 7.17. The summed E-state index contributed by atoms with van der Waals surface area (Å²) in [6.45, 7) is 6.60. The van der Waals surface area contributed by atoms with Gasteiger partial charge in [-0.1, -0.05) is 29.0 Å². The van der Waals surface area contributed by atoms with Gasteiger partial charge in [-0.2, -0.15) is 10.4 Å². The molecule has 1 fully saturated rings. The number of aromatic nitrogens is 5. The smallest absolute Gasteiger partial charge is 0.350 e. The van der Waals surface area contributed by atoms with Gasteiger partial charge in [0.25, 0.3) is 5.91 Å². The number of halogens is 1. The van der Waals surface area contributed by atoms with E-state index in [1.807, 2.05) is 11.0 Å². The van der Waals surface area contributed by atoms with Crippen molar-refractivity contribution in [3.05, 3.63) is 45.8 Å². The number of aryl methyl sites for hydroxylation is 2. The zero-order valence-corrected chi connectivity index (χ0v) is 22.0. The predicted molar refractivity (Wildman–Crippen MR) is 137 cm³/mol. The number of nitrogens with zero attached hydrogens (tertiary/aromatic N) is 6. The summed E-state index contributed by atoms with van der Waals surface area (Å²) >= 11 is 7.35. The summed E-state index contributed by atoms with van der Waals surface area (Å²) in [5, 5.41) is 17.3. The first-order valence-electron chi connectivity index (χ1n) is 11.3. The number of nitrogens with one attached hydrogen (secondary N) is 2. The molecule has 0 radical (unpaired) electrons. The molecular formula is C23H25ClN8O4S. The molecule has 0 aliphatic carbocycles. The molecule has 0 aromatic carbocycles. The molecule has 0 unspecified atom stereocenters. The number of rotatable bonds is 8. The van der Waals surface area contributed by atoms with Crippen LogP contribution in [-0.4, -0.2) is 75.6 Å². The molecule has 12 nitrogen and oxygen atoms in total. The number of hydrogen-bond donors (Lipinski definition) is 2. The van der Waals surface area contributed by atoms with E-state index in [1.165, 1.54) is 29.5 Å². The number of methoxy groups -OCH3 is 1. The lowest BCUT2D eigenvalue weighted by Gasteiger charge is -2.38. The molecule has 0 saturated carbocycles. The minimum absolute atomic E-state index is 0.104. The summed E-state index contributed by atoms with van der Waals surface area (Å²) in [7, 11) is 3.03. The number of esters is 1. The van der Waals surface area contributed by atoms with Crippen LogP contribution in [0, 0.1) is 18.3 Å². The van der Waals surface area contributed by atoms with Gasteiger partial charge in [0, 0.05) is 25.8 Å². The van der Waals surface area contributed by atoms with Crippen molar-refractivity contribution < 1.29 is 19.1 Å². The van der Waals surface area contributed by atoms with Crippen LogP contribution in [0.15, 0.2) is 19.0 Å². The lowest BCUT2D eigenvalue weighted by atomic mass is 10.0. The fourth-order valence-corrected chi connectivity index (χ4v) is 5.27. The van der Waals surface area contributed by atoms with Gasteiger partial charge in [-0.3, -0.25) is 4.79 Å². The monoisotopic (exact) mass is 544 g/mol. The maximum atomic E-state index is 13.0. The summed E-state index contributed by atoms with van der Waals surface area (Å²) in [4.78, 5) is 39.6. The normalized spacial score (nSPS) is 17.3. The summed E-state index contributed by atoms with van der Waals surface area (Å²) in [6, 6.07) is 1.63. The Morgan fingerprint density at radius 3 is 2.92 bits per heavy atom. The topological polar surface area (TPSA) is 151 Å². The third-order valence-corrected chi connectivity index (χ3v) is 7.50. The second kappa shape index (κ2) is 11.1. The summed E-state index contributed by atoms with van der Waals surface area (Å²) in [5.41, 5.74) is 1.15. The lowest BCUT2D eigenvalue weighted by molar-refractivity contribution is 0.0355. The number of carbonyl (C=O) groups is 2. The summed E-state index contributed by atoms with van der Waals surface area (Å²) in [6.07, 6.45) is 3.12. The number of carbonyl (C=O) groups excluding carboxylic acids is 2. The maximum absolute atomic E-state index is 13.0. The van der Waals surface area contributed by atoms with Crippen molar-refractivity contribution >= 4 is 39.9 Å². The molecule has 1 aliphatic heterocycles. The van der Waals surface area contributed by atoms with Gasteiger partial charge in [-0.05, 0) is 13.3 Å². The molecule has 4 heterocycles. The number of nitriles is 1. The molecule has 1 amide bonds. The SMILES string of the molecule is C=CCO[C@H]1CN(c2nc(-c3ncnn3C)c(C(=O)OC)s2)CC[C@H]1NC(=O)c1[nH]c(C)c(Cl)c1C#N. The fraction of sp³-hybridized carbons (Fsp3) is 0.391. The number of amides is 1. The number of hydrogen-bond acceptors (Lipinski definition) is 10. The van der Waals surface area contributed by atoms with Crippen molar-refractivity contribution in [2.24, 2.45) is 7.05 Å². The van der Waals surface area contributed by atoms with Gasteiger partial charge in [0.2, 0.25) is 0 Å². The van der Waals surface area contributed by atoms with Crippen LogP contribution in [0.4, 0.5) is 5.13 Å². The van der Waals surface area contributed by atoms with Gasteiger partial charge in [0.15, 0.2) is 11.0 Å². The fourth-order valence-electron chi connectivity index (χ4n) is 4.07. The first-order chi connectivity index (χ1) is 17.8. The van der Waals surface area contributed by atoms with Crippen LogP contribution < -0.4 is 10.2 Å². The average molecular weight is 545 g/mol. The van der Waals surface area contributed by atoms with E-state index in [9.17, 15) is 14.9 Å². The van der Waals surface area contributed by atoms with Crippen molar-refractivity contribution in [1.82, 2.24) is 30.0 Å². The first kappa shape index (κ1) is 26.3. The molecule has 2 atom stereocenters. The Balaban J connectivity index is 1.58. The summed E-state index contributed by atoms with van der Waals surface area (Å²) < 4.78 is 12.5. The Bertz CT molecular complexity index is 1370. The van der Waals surface area contributed by atoms with Crippen LogP contribution in [-0.2, 0) is 16.5 Å². The van der Waals surface area contributed by atoms with E-state index in [0.717, 1.165) is 0 Å². The minimum Gasteiger partial charge on any atom is -0.465 e. The molecule has 194 valence electrons. The molecule has 37 heavy (non-hydrogen) atoms. The molecule has 4 rings (SSSR count). The Morgan fingerprint density at radius 2 is 2.27 bits per heavy atom. The standard InChI is InChI=1S/C23H25ClN8O4S/c1-5-8-36-15-10-32(7-6-14(15)29-21(33)17-13(9-25)16(24)12(2)28-17)23-30-18(19(37-23)22(34)35-4)20-26-11-27-31(20)3/h5,11,14-15,28H,1,6-8,10H2,2-4H3,(H,29,33)/t14-,15+/m1/s1. The van der Waals surface area contributed by atoms with Crippen LogP contribution >= 0.6 is 22.9 Å². The number of piperidine rings is 1. The van der Waals surface area contributed by atoms with Crippen molar-refractivity contribution in [1.29, 1.82) is 5.26 Å². The highest BCUT2D eigenvalue weighted by atomic mass is 35.5. The zero-order valence-electron chi connectivity index (χ0n) is 20.4. The number of anilines is 1. The van der Waals surface area contributed by atoms with E-state index in [4.69, 9.17) is 26.1 Å². The van der Waals surface area contributed by atoms with Gasteiger partial charge in [-0.25, -0.2) is 19.4 Å². The first-order valence-corrected chi connectivity index (χ1v) is 12.5. The van der Waals surface area contributed by atoms with E-state index < -0.39 is 18.0 Å². The van der Waals surface area contributed by atoms with Crippen molar-refractivity contribution in [2.75, 3.05) is 31.7 Å². The molecule has 0 bridgehead atoms. The van der Waals surface area contributed by atoms with E-state index in [0.29, 0.717) is 46.7 Å². The molecule has 14 heteroatoms. The van der Waals surface area contributed by atoms with Crippen LogP contribution in [0.25, 0.3) is 11.5 Å². The average Bonchev–Trinajstić information content (AvgIpc) is 3.60. The van der Waals surface area contributed by atoms with Crippen molar-refractivity contribution in [3.63, 3.8) is 0 Å². The quantitative estimate of drug-likeness (QED) is 0.322. The van der Waals surface area contributed by atoms with Gasteiger partial charge >= 0.3 is 5.97 Å². The Morgan fingerprint density at radius 1 is 1.49 bits per heavy atom. The molecule has 3 aromatic heterocycles. The highest BCUT2D eigenvalue weighted by Crippen LogP contribution is 2.34. The Labute approximate surface area is 221 Å². The zero-order chi connectivity index (χ0) is 26.7. The van der Waals surface area contributed by atoms with E-state index in [-0.39, 0.29) is 28.9 Å². The molecule has 1 aliphatic rings. The molecule has 1 saturated heterocycles. The second-order valence-corrected chi connectivity index (χ2v) is 9.63. The third-order valence-electron chi connectivity index (χ3n) is 5.93. The number of ether oxygens (including phenoxy) is 2. The van der Waals surface area contributed by atoms with Crippen LogP contribution in [0.1, 0.15) is 37.8 Å².